The van der Waals surface area contributed by atoms with Gasteiger partial charge in [0.1, 0.15) is 0 Å². The van der Waals surface area contributed by atoms with Crippen molar-refractivity contribution in [2.24, 2.45) is 5.10 Å². The van der Waals surface area contributed by atoms with Gasteiger partial charge in [-0.25, -0.2) is 4.68 Å². The molecule has 7 nitrogen and oxygen atoms in total. The largest absolute Gasteiger partial charge is 0.278 e. The highest BCUT2D eigenvalue weighted by Crippen LogP contribution is 2.17. The lowest BCUT2D eigenvalue weighted by molar-refractivity contribution is -0.384. The van der Waals surface area contributed by atoms with Crippen molar-refractivity contribution in [2.75, 3.05) is 5.43 Å². The summed E-state index contributed by atoms with van der Waals surface area (Å²) in [5.41, 5.74) is 6.02. The molecule has 24 heavy (non-hydrogen) atoms. The normalized spacial score (nSPS) is 10.9. The van der Waals surface area contributed by atoms with E-state index < -0.39 is 4.92 Å². The molecule has 0 amide bonds. The summed E-state index contributed by atoms with van der Waals surface area (Å²) < 4.78 is 1.78. The van der Waals surface area contributed by atoms with Crippen molar-refractivity contribution in [3.63, 3.8) is 0 Å². The Morgan fingerprint density at radius 1 is 1.21 bits per heavy atom. The van der Waals surface area contributed by atoms with Crippen LogP contribution < -0.4 is 5.43 Å². The number of rotatable bonds is 5. The maximum Gasteiger partial charge on any atom is 0.271 e. The molecule has 120 valence electrons. The van der Waals surface area contributed by atoms with E-state index in [-0.39, 0.29) is 5.69 Å². The molecule has 0 atom stereocenters. The van der Waals surface area contributed by atoms with Gasteiger partial charge in [0, 0.05) is 23.9 Å². The average Bonchev–Trinajstić information content (AvgIpc) is 2.97. The first-order valence-corrected chi connectivity index (χ1v) is 7.29. The van der Waals surface area contributed by atoms with E-state index in [2.05, 4.69) is 15.6 Å². The fraction of sp³-hybridized carbons (Fsp3) is 0.0588. The Bertz CT molecular complexity index is 887. The van der Waals surface area contributed by atoms with E-state index in [4.69, 9.17) is 0 Å². The van der Waals surface area contributed by atoms with E-state index in [0.29, 0.717) is 5.69 Å². The summed E-state index contributed by atoms with van der Waals surface area (Å²) >= 11 is 0. The summed E-state index contributed by atoms with van der Waals surface area (Å²) in [5.74, 6) is 0. The smallest absolute Gasteiger partial charge is 0.271 e. The zero-order valence-electron chi connectivity index (χ0n) is 13.0. The molecule has 0 unspecified atom stereocenters. The number of hydrogen-bond acceptors (Lipinski definition) is 5. The van der Waals surface area contributed by atoms with Crippen molar-refractivity contribution in [1.82, 2.24) is 9.78 Å². The first-order chi connectivity index (χ1) is 11.6. The van der Waals surface area contributed by atoms with Crippen LogP contribution >= 0.6 is 0 Å². The number of nitrogens with zero attached hydrogens (tertiary/aromatic N) is 4. The van der Waals surface area contributed by atoms with Crippen LogP contribution in [-0.4, -0.2) is 20.9 Å². The number of para-hydroxylation sites is 1. The SMILES string of the molecule is Cc1nn(-c2ccccc2)cc1C=NNc1cccc([N+](=O)[O-])c1. The van der Waals surface area contributed by atoms with Crippen molar-refractivity contribution in [3.05, 3.63) is 82.2 Å². The Morgan fingerprint density at radius 2 is 2.00 bits per heavy atom. The molecule has 2 aromatic carbocycles. The minimum Gasteiger partial charge on any atom is -0.278 e. The minimum absolute atomic E-state index is 0.0169. The highest BCUT2D eigenvalue weighted by atomic mass is 16.6. The van der Waals surface area contributed by atoms with E-state index in [0.717, 1.165) is 16.9 Å². The molecule has 3 aromatic rings. The number of nitro groups is 1. The van der Waals surface area contributed by atoms with Crippen LogP contribution in [0.4, 0.5) is 11.4 Å². The fourth-order valence-electron chi connectivity index (χ4n) is 2.18. The second kappa shape index (κ2) is 6.74. The van der Waals surface area contributed by atoms with Gasteiger partial charge in [0.2, 0.25) is 0 Å². The Morgan fingerprint density at radius 3 is 2.75 bits per heavy atom. The van der Waals surface area contributed by atoms with Gasteiger partial charge in [-0.05, 0) is 25.1 Å². The third kappa shape index (κ3) is 3.46. The molecule has 0 aliphatic heterocycles. The molecule has 1 N–H and O–H groups in total. The second-order valence-electron chi connectivity index (χ2n) is 5.13. The molecule has 0 aliphatic carbocycles. The quantitative estimate of drug-likeness (QED) is 0.442. The molecule has 0 fully saturated rings. The molecule has 0 saturated carbocycles. The van der Waals surface area contributed by atoms with Gasteiger partial charge in [-0.15, -0.1) is 0 Å². The first kappa shape index (κ1) is 15.4. The number of aryl methyl sites for hydroxylation is 1. The number of aromatic nitrogens is 2. The summed E-state index contributed by atoms with van der Waals surface area (Å²) in [6.07, 6.45) is 3.52. The van der Waals surface area contributed by atoms with Gasteiger partial charge >= 0.3 is 0 Å². The van der Waals surface area contributed by atoms with Crippen molar-refractivity contribution in [2.45, 2.75) is 6.92 Å². The summed E-state index contributed by atoms with van der Waals surface area (Å²) in [7, 11) is 0. The van der Waals surface area contributed by atoms with E-state index >= 15 is 0 Å². The molecule has 0 radical (unpaired) electrons. The van der Waals surface area contributed by atoms with Crippen LogP contribution in [0.2, 0.25) is 0 Å². The lowest BCUT2D eigenvalue weighted by Gasteiger charge is -1.99. The van der Waals surface area contributed by atoms with Crippen LogP contribution in [0.1, 0.15) is 11.3 Å². The molecule has 0 saturated heterocycles. The number of nitro benzene ring substituents is 1. The highest BCUT2D eigenvalue weighted by molar-refractivity contribution is 5.81. The molecule has 3 rings (SSSR count). The fourth-order valence-corrected chi connectivity index (χ4v) is 2.18. The van der Waals surface area contributed by atoms with Gasteiger partial charge in [0.05, 0.1) is 28.2 Å². The third-order valence-corrected chi connectivity index (χ3v) is 3.41. The predicted molar refractivity (Wildman–Crippen MR) is 92.6 cm³/mol. The molecule has 7 heteroatoms. The van der Waals surface area contributed by atoms with Crippen molar-refractivity contribution >= 4 is 17.6 Å². The maximum absolute atomic E-state index is 10.8. The molecule has 0 spiro atoms. The monoisotopic (exact) mass is 321 g/mol. The van der Waals surface area contributed by atoms with Gasteiger partial charge in [-0.2, -0.15) is 10.2 Å². The van der Waals surface area contributed by atoms with E-state index in [1.54, 1.807) is 23.0 Å². The van der Waals surface area contributed by atoms with Gasteiger partial charge in [-0.3, -0.25) is 15.5 Å². The van der Waals surface area contributed by atoms with Crippen LogP contribution in [0.25, 0.3) is 5.69 Å². The molecule has 1 aromatic heterocycles. The first-order valence-electron chi connectivity index (χ1n) is 7.29. The number of nitrogens with one attached hydrogen (secondary N) is 1. The van der Waals surface area contributed by atoms with Crippen molar-refractivity contribution in [1.29, 1.82) is 0 Å². The summed E-state index contributed by atoms with van der Waals surface area (Å²) in [6.45, 7) is 1.90. The Labute approximate surface area is 138 Å². The number of hydrogen-bond donors (Lipinski definition) is 1. The predicted octanol–water partition coefficient (Wildman–Crippen LogP) is 3.53. The van der Waals surface area contributed by atoms with Gasteiger partial charge < -0.3 is 0 Å². The van der Waals surface area contributed by atoms with Gasteiger partial charge in [-0.1, -0.05) is 24.3 Å². The number of benzene rings is 2. The zero-order valence-corrected chi connectivity index (χ0v) is 13.0. The van der Waals surface area contributed by atoms with Crippen LogP contribution in [0.3, 0.4) is 0 Å². The van der Waals surface area contributed by atoms with Crippen LogP contribution in [0.5, 0.6) is 0 Å². The third-order valence-electron chi connectivity index (χ3n) is 3.41. The van der Waals surface area contributed by atoms with Crippen molar-refractivity contribution in [3.8, 4) is 5.69 Å². The van der Waals surface area contributed by atoms with Crippen LogP contribution in [0.15, 0.2) is 65.9 Å². The number of hydrazone groups is 1. The van der Waals surface area contributed by atoms with Crippen molar-refractivity contribution < 1.29 is 4.92 Å². The van der Waals surface area contributed by atoms with E-state index in [1.165, 1.54) is 12.1 Å². The average molecular weight is 321 g/mol. The lowest BCUT2D eigenvalue weighted by Crippen LogP contribution is -1.93. The zero-order chi connectivity index (χ0) is 16.9. The summed E-state index contributed by atoms with van der Waals surface area (Å²) in [5, 5.41) is 19.3. The lowest BCUT2D eigenvalue weighted by atomic mass is 10.3. The van der Waals surface area contributed by atoms with Crippen LogP contribution in [0, 0.1) is 17.0 Å². The molecule has 0 aliphatic rings. The van der Waals surface area contributed by atoms with Gasteiger partial charge in [0.25, 0.3) is 5.69 Å². The number of anilines is 1. The summed E-state index contributed by atoms with van der Waals surface area (Å²) in [6, 6.07) is 16.0. The van der Waals surface area contributed by atoms with E-state index in [9.17, 15) is 10.1 Å². The molecule has 0 bridgehead atoms. The second-order valence-corrected chi connectivity index (χ2v) is 5.13. The molecular formula is C17H15N5O2. The highest BCUT2D eigenvalue weighted by Gasteiger charge is 2.06. The Hall–Kier alpha value is -3.48. The van der Waals surface area contributed by atoms with Gasteiger partial charge in [0.15, 0.2) is 0 Å². The molecular weight excluding hydrogens is 306 g/mol. The maximum atomic E-state index is 10.8. The Balaban J connectivity index is 1.74. The van der Waals surface area contributed by atoms with Crippen LogP contribution in [-0.2, 0) is 0 Å². The summed E-state index contributed by atoms with van der Waals surface area (Å²) in [4.78, 5) is 10.3. The minimum atomic E-state index is -0.442. The number of non-ortho nitro benzene ring substituents is 1. The Kier molecular flexibility index (Phi) is 4.33. The van der Waals surface area contributed by atoms with E-state index in [1.807, 2.05) is 43.5 Å². The molecule has 1 heterocycles. The topological polar surface area (TPSA) is 85.3 Å². The standard InChI is InChI=1S/C17H15N5O2/c1-13-14(12-21(20-13)16-7-3-2-4-8-16)11-18-19-15-6-5-9-17(10-15)22(23)24/h2-12,19H,1H3.